The Morgan fingerprint density at radius 3 is 2.42 bits per heavy atom. The SMILES string of the molecule is CC(C)(C#N)C(=O)NCC(C)(C)c1ccccc1F. The molecule has 0 aromatic heterocycles. The third-order valence-electron chi connectivity index (χ3n) is 3.14. The van der Waals surface area contributed by atoms with Crippen molar-refractivity contribution in [3.63, 3.8) is 0 Å². The normalized spacial score (nSPS) is 11.8. The second kappa shape index (κ2) is 5.40. The summed E-state index contributed by atoms with van der Waals surface area (Å²) in [4.78, 5) is 11.8. The largest absolute Gasteiger partial charge is 0.354 e. The van der Waals surface area contributed by atoms with E-state index < -0.39 is 10.8 Å². The first-order valence-corrected chi connectivity index (χ1v) is 6.15. The first-order chi connectivity index (χ1) is 8.70. The van der Waals surface area contributed by atoms with Gasteiger partial charge in [0.1, 0.15) is 11.2 Å². The van der Waals surface area contributed by atoms with Crippen LogP contribution in [0, 0.1) is 22.6 Å². The second-order valence-corrected chi connectivity index (χ2v) is 5.78. The van der Waals surface area contributed by atoms with Crippen molar-refractivity contribution in [2.24, 2.45) is 5.41 Å². The molecule has 0 saturated heterocycles. The molecule has 4 heteroatoms. The van der Waals surface area contributed by atoms with Crippen molar-refractivity contribution in [3.05, 3.63) is 35.6 Å². The maximum absolute atomic E-state index is 13.7. The summed E-state index contributed by atoms with van der Waals surface area (Å²) >= 11 is 0. The summed E-state index contributed by atoms with van der Waals surface area (Å²) in [7, 11) is 0. The van der Waals surface area contributed by atoms with E-state index in [1.165, 1.54) is 6.07 Å². The van der Waals surface area contributed by atoms with Gasteiger partial charge in [-0.1, -0.05) is 32.0 Å². The summed E-state index contributed by atoms with van der Waals surface area (Å²) in [6, 6.07) is 8.44. The Morgan fingerprint density at radius 1 is 1.32 bits per heavy atom. The van der Waals surface area contributed by atoms with Crippen LogP contribution >= 0.6 is 0 Å². The highest BCUT2D eigenvalue weighted by Gasteiger charge is 2.30. The molecule has 0 bridgehead atoms. The number of amides is 1. The summed E-state index contributed by atoms with van der Waals surface area (Å²) < 4.78 is 13.7. The monoisotopic (exact) mass is 262 g/mol. The molecule has 1 N–H and O–H groups in total. The van der Waals surface area contributed by atoms with Crippen LogP contribution in [0.2, 0.25) is 0 Å². The molecule has 0 aliphatic heterocycles. The fraction of sp³-hybridized carbons (Fsp3) is 0.467. The molecule has 0 radical (unpaired) electrons. The van der Waals surface area contributed by atoms with Gasteiger partial charge < -0.3 is 5.32 Å². The topological polar surface area (TPSA) is 52.9 Å². The number of carbonyl (C=O) groups is 1. The van der Waals surface area contributed by atoms with E-state index in [2.05, 4.69) is 5.32 Å². The second-order valence-electron chi connectivity index (χ2n) is 5.78. The van der Waals surface area contributed by atoms with E-state index >= 15 is 0 Å². The van der Waals surface area contributed by atoms with Crippen LogP contribution in [-0.2, 0) is 10.2 Å². The minimum Gasteiger partial charge on any atom is -0.354 e. The number of benzene rings is 1. The number of carbonyl (C=O) groups excluding carboxylic acids is 1. The van der Waals surface area contributed by atoms with E-state index in [0.29, 0.717) is 5.56 Å². The quantitative estimate of drug-likeness (QED) is 0.907. The Balaban J connectivity index is 2.80. The molecule has 0 heterocycles. The number of nitrogens with one attached hydrogen (secondary N) is 1. The van der Waals surface area contributed by atoms with Crippen LogP contribution in [0.4, 0.5) is 4.39 Å². The van der Waals surface area contributed by atoms with Crippen LogP contribution in [-0.4, -0.2) is 12.5 Å². The maximum Gasteiger partial charge on any atom is 0.239 e. The Bertz CT molecular complexity index is 515. The highest BCUT2D eigenvalue weighted by molar-refractivity contribution is 5.84. The van der Waals surface area contributed by atoms with E-state index in [1.807, 2.05) is 19.9 Å². The van der Waals surface area contributed by atoms with Crippen molar-refractivity contribution in [2.45, 2.75) is 33.1 Å². The third-order valence-corrected chi connectivity index (χ3v) is 3.14. The molecule has 3 nitrogen and oxygen atoms in total. The fourth-order valence-electron chi connectivity index (χ4n) is 1.68. The van der Waals surface area contributed by atoms with Crippen molar-refractivity contribution in [2.75, 3.05) is 6.54 Å². The van der Waals surface area contributed by atoms with Crippen molar-refractivity contribution >= 4 is 5.91 Å². The van der Waals surface area contributed by atoms with Crippen LogP contribution in [0.1, 0.15) is 33.3 Å². The third kappa shape index (κ3) is 3.54. The van der Waals surface area contributed by atoms with Crippen LogP contribution in [0.25, 0.3) is 0 Å². The maximum atomic E-state index is 13.7. The molecule has 19 heavy (non-hydrogen) atoms. The number of nitrogens with zero attached hydrogens (tertiary/aromatic N) is 1. The van der Waals surface area contributed by atoms with Gasteiger partial charge in [-0.2, -0.15) is 5.26 Å². The van der Waals surface area contributed by atoms with Gasteiger partial charge in [0.25, 0.3) is 0 Å². The lowest BCUT2D eigenvalue weighted by Crippen LogP contribution is -2.42. The number of hydrogen-bond donors (Lipinski definition) is 1. The molecule has 0 atom stereocenters. The molecule has 0 unspecified atom stereocenters. The molecule has 0 spiro atoms. The molecule has 1 aromatic carbocycles. The lowest BCUT2D eigenvalue weighted by Gasteiger charge is -2.27. The average Bonchev–Trinajstić information content (AvgIpc) is 2.36. The zero-order chi connectivity index (χ0) is 14.7. The molecule has 1 aromatic rings. The standard InChI is InChI=1S/C15H19FN2O/c1-14(2,9-17)13(19)18-10-15(3,4)11-7-5-6-8-12(11)16/h5-8H,10H2,1-4H3,(H,18,19). The predicted octanol–water partition coefficient (Wildman–Crippen LogP) is 2.77. The summed E-state index contributed by atoms with van der Waals surface area (Å²) in [6.45, 7) is 7.09. The Hall–Kier alpha value is -1.89. The summed E-state index contributed by atoms with van der Waals surface area (Å²) in [5.74, 6) is -0.638. The van der Waals surface area contributed by atoms with Gasteiger partial charge in [-0.15, -0.1) is 0 Å². The summed E-state index contributed by atoms with van der Waals surface area (Å²) in [5, 5.41) is 11.6. The highest BCUT2D eigenvalue weighted by atomic mass is 19.1. The van der Waals surface area contributed by atoms with E-state index in [-0.39, 0.29) is 18.3 Å². The first kappa shape index (κ1) is 15.2. The number of halogens is 1. The zero-order valence-corrected chi connectivity index (χ0v) is 11.7. The van der Waals surface area contributed by atoms with Gasteiger partial charge in [0.2, 0.25) is 5.91 Å². The van der Waals surface area contributed by atoms with Crippen LogP contribution in [0.15, 0.2) is 24.3 Å². The summed E-state index contributed by atoms with van der Waals surface area (Å²) in [6.07, 6.45) is 0. The Labute approximate surface area is 113 Å². The Kier molecular flexibility index (Phi) is 4.31. The highest BCUT2D eigenvalue weighted by Crippen LogP contribution is 2.25. The molecular weight excluding hydrogens is 243 g/mol. The average molecular weight is 262 g/mol. The van der Waals surface area contributed by atoms with Gasteiger partial charge in [-0.25, -0.2) is 4.39 Å². The van der Waals surface area contributed by atoms with Gasteiger partial charge in [-0.05, 0) is 25.5 Å². The zero-order valence-electron chi connectivity index (χ0n) is 11.7. The van der Waals surface area contributed by atoms with Gasteiger partial charge in [0.05, 0.1) is 6.07 Å². The lowest BCUT2D eigenvalue weighted by molar-refractivity contribution is -0.127. The minimum atomic E-state index is -1.08. The van der Waals surface area contributed by atoms with Gasteiger partial charge in [-0.3, -0.25) is 4.79 Å². The number of nitriles is 1. The van der Waals surface area contributed by atoms with Gasteiger partial charge >= 0.3 is 0 Å². The van der Waals surface area contributed by atoms with Crippen LogP contribution in [0.5, 0.6) is 0 Å². The van der Waals surface area contributed by atoms with E-state index in [1.54, 1.807) is 32.0 Å². The molecule has 0 aliphatic rings. The van der Waals surface area contributed by atoms with Gasteiger partial charge in [0, 0.05) is 12.0 Å². The molecule has 1 amide bonds. The number of hydrogen-bond acceptors (Lipinski definition) is 2. The molecular formula is C15H19FN2O. The van der Waals surface area contributed by atoms with E-state index in [4.69, 9.17) is 5.26 Å². The molecule has 0 aliphatic carbocycles. The molecule has 0 saturated carbocycles. The predicted molar refractivity (Wildman–Crippen MR) is 71.8 cm³/mol. The van der Waals surface area contributed by atoms with Gasteiger partial charge in [0.15, 0.2) is 0 Å². The molecule has 1 rings (SSSR count). The molecule has 0 fully saturated rings. The summed E-state index contributed by atoms with van der Waals surface area (Å²) in [5.41, 5.74) is -1.07. The van der Waals surface area contributed by atoms with Crippen molar-refractivity contribution in [1.82, 2.24) is 5.32 Å². The lowest BCUT2D eigenvalue weighted by atomic mass is 9.83. The smallest absolute Gasteiger partial charge is 0.239 e. The fourth-order valence-corrected chi connectivity index (χ4v) is 1.68. The molecule has 102 valence electrons. The van der Waals surface area contributed by atoms with E-state index in [9.17, 15) is 9.18 Å². The van der Waals surface area contributed by atoms with Crippen LogP contribution in [0.3, 0.4) is 0 Å². The number of rotatable bonds is 4. The minimum absolute atomic E-state index is 0.276. The van der Waals surface area contributed by atoms with Crippen molar-refractivity contribution in [1.29, 1.82) is 5.26 Å². The van der Waals surface area contributed by atoms with E-state index in [0.717, 1.165) is 0 Å². The van der Waals surface area contributed by atoms with Crippen molar-refractivity contribution in [3.8, 4) is 6.07 Å². The van der Waals surface area contributed by atoms with Crippen LogP contribution < -0.4 is 5.32 Å². The first-order valence-electron chi connectivity index (χ1n) is 6.15. The van der Waals surface area contributed by atoms with Crippen molar-refractivity contribution < 1.29 is 9.18 Å². The Morgan fingerprint density at radius 2 is 1.89 bits per heavy atom.